The van der Waals surface area contributed by atoms with Crippen LogP contribution < -0.4 is 10.6 Å². The van der Waals surface area contributed by atoms with E-state index in [9.17, 15) is 4.79 Å². The van der Waals surface area contributed by atoms with Crippen LogP contribution in [0.2, 0.25) is 10.0 Å². The van der Waals surface area contributed by atoms with Crippen molar-refractivity contribution in [1.29, 1.82) is 0 Å². The van der Waals surface area contributed by atoms with Crippen LogP contribution in [0.25, 0.3) is 0 Å². The highest BCUT2D eigenvalue weighted by molar-refractivity contribution is 6.34. The highest BCUT2D eigenvalue weighted by Gasteiger charge is 2.13. The predicted octanol–water partition coefficient (Wildman–Crippen LogP) is 4.60. The third-order valence-electron chi connectivity index (χ3n) is 2.87. The standard InChI is InChI=1S/C15H14Cl2N2O/c1-9-3-5-14(12(17)7-9)19-15(20)11-8-10(16)4-6-13(11)18-2/h3-8,18H,1-2H3,(H,19,20). The minimum atomic E-state index is -0.261. The maximum atomic E-state index is 12.3. The van der Waals surface area contributed by atoms with E-state index in [1.165, 1.54) is 0 Å². The van der Waals surface area contributed by atoms with Crippen molar-refractivity contribution in [3.8, 4) is 0 Å². The quantitative estimate of drug-likeness (QED) is 0.870. The zero-order valence-electron chi connectivity index (χ0n) is 11.1. The van der Waals surface area contributed by atoms with Gasteiger partial charge in [-0.2, -0.15) is 0 Å². The Hall–Kier alpha value is -1.71. The van der Waals surface area contributed by atoms with Crippen molar-refractivity contribution in [2.24, 2.45) is 0 Å². The van der Waals surface area contributed by atoms with Gasteiger partial charge in [0, 0.05) is 17.8 Å². The summed E-state index contributed by atoms with van der Waals surface area (Å²) >= 11 is 12.0. The number of hydrogen-bond acceptors (Lipinski definition) is 2. The first kappa shape index (κ1) is 14.7. The van der Waals surface area contributed by atoms with Crippen molar-refractivity contribution in [3.05, 3.63) is 57.6 Å². The maximum absolute atomic E-state index is 12.3. The molecule has 5 heteroatoms. The van der Waals surface area contributed by atoms with Crippen molar-refractivity contribution >= 4 is 40.5 Å². The van der Waals surface area contributed by atoms with Crippen LogP contribution in [-0.4, -0.2) is 13.0 Å². The van der Waals surface area contributed by atoms with Gasteiger partial charge >= 0.3 is 0 Å². The Morgan fingerprint density at radius 1 is 1.05 bits per heavy atom. The van der Waals surface area contributed by atoms with E-state index in [0.29, 0.717) is 27.0 Å². The Balaban J connectivity index is 2.30. The van der Waals surface area contributed by atoms with E-state index >= 15 is 0 Å². The number of amides is 1. The number of anilines is 2. The monoisotopic (exact) mass is 308 g/mol. The third kappa shape index (κ3) is 3.24. The number of carbonyl (C=O) groups excluding carboxylic acids is 1. The van der Waals surface area contributed by atoms with Crippen molar-refractivity contribution in [2.45, 2.75) is 6.92 Å². The summed E-state index contributed by atoms with van der Waals surface area (Å²) in [6, 6.07) is 10.6. The summed E-state index contributed by atoms with van der Waals surface area (Å²) in [6.07, 6.45) is 0. The first-order chi connectivity index (χ1) is 9.51. The van der Waals surface area contributed by atoms with Gasteiger partial charge < -0.3 is 10.6 Å². The SMILES string of the molecule is CNc1ccc(Cl)cc1C(=O)Nc1ccc(C)cc1Cl. The fourth-order valence-corrected chi connectivity index (χ4v) is 2.29. The van der Waals surface area contributed by atoms with Crippen LogP contribution in [0.3, 0.4) is 0 Å². The highest BCUT2D eigenvalue weighted by Crippen LogP contribution is 2.25. The first-order valence-electron chi connectivity index (χ1n) is 6.06. The van der Waals surface area contributed by atoms with E-state index in [-0.39, 0.29) is 5.91 Å². The van der Waals surface area contributed by atoms with Crippen LogP contribution in [0.15, 0.2) is 36.4 Å². The van der Waals surface area contributed by atoms with Gasteiger partial charge in [0.2, 0.25) is 0 Å². The number of rotatable bonds is 3. The molecule has 2 aromatic rings. The molecule has 3 nitrogen and oxygen atoms in total. The molecule has 0 saturated heterocycles. The van der Waals surface area contributed by atoms with Crippen LogP contribution in [0.1, 0.15) is 15.9 Å². The van der Waals surface area contributed by atoms with Gasteiger partial charge in [-0.1, -0.05) is 29.3 Å². The molecule has 0 unspecified atom stereocenters. The molecule has 20 heavy (non-hydrogen) atoms. The molecule has 2 aromatic carbocycles. The maximum Gasteiger partial charge on any atom is 0.257 e. The summed E-state index contributed by atoms with van der Waals surface area (Å²) in [5.41, 5.74) is 2.78. The second-order valence-corrected chi connectivity index (χ2v) is 5.22. The van der Waals surface area contributed by atoms with Crippen LogP contribution in [0, 0.1) is 6.92 Å². The zero-order valence-corrected chi connectivity index (χ0v) is 12.6. The molecule has 0 aliphatic rings. The van der Waals surface area contributed by atoms with Crippen molar-refractivity contribution < 1.29 is 4.79 Å². The van der Waals surface area contributed by atoms with Crippen LogP contribution in [0.4, 0.5) is 11.4 Å². The van der Waals surface area contributed by atoms with E-state index in [2.05, 4.69) is 10.6 Å². The summed E-state index contributed by atoms with van der Waals surface area (Å²) in [5.74, 6) is -0.261. The fraction of sp³-hybridized carbons (Fsp3) is 0.133. The predicted molar refractivity (Wildman–Crippen MR) is 85.1 cm³/mol. The van der Waals surface area contributed by atoms with Gasteiger partial charge in [-0.25, -0.2) is 0 Å². The summed E-state index contributed by atoms with van der Waals surface area (Å²) in [6.45, 7) is 1.94. The fourth-order valence-electron chi connectivity index (χ4n) is 1.83. The normalized spacial score (nSPS) is 10.2. The number of aryl methyl sites for hydroxylation is 1. The molecule has 104 valence electrons. The lowest BCUT2D eigenvalue weighted by atomic mass is 10.1. The van der Waals surface area contributed by atoms with Gasteiger partial charge in [0.15, 0.2) is 0 Å². The summed E-state index contributed by atoms with van der Waals surface area (Å²) in [4.78, 5) is 12.3. The van der Waals surface area contributed by atoms with Crippen LogP contribution >= 0.6 is 23.2 Å². The summed E-state index contributed by atoms with van der Waals surface area (Å²) < 4.78 is 0. The molecule has 0 bridgehead atoms. The largest absolute Gasteiger partial charge is 0.387 e. The van der Waals surface area contributed by atoms with E-state index in [4.69, 9.17) is 23.2 Å². The first-order valence-corrected chi connectivity index (χ1v) is 6.81. The van der Waals surface area contributed by atoms with Crippen LogP contribution in [0.5, 0.6) is 0 Å². The van der Waals surface area contributed by atoms with Gasteiger partial charge in [0.25, 0.3) is 5.91 Å². The molecule has 2 rings (SSSR count). The van der Waals surface area contributed by atoms with E-state index in [1.807, 2.05) is 13.0 Å². The minimum Gasteiger partial charge on any atom is -0.387 e. The molecule has 0 heterocycles. The Morgan fingerprint density at radius 3 is 2.40 bits per heavy atom. The molecular weight excluding hydrogens is 295 g/mol. The lowest BCUT2D eigenvalue weighted by molar-refractivity contribution is 0.102. The Kier molecular flexibility index (Phi) is 4.53. The summed E-state index contributed by atoms with van der Waals surface area (Å²) in [5, 5.41) is 6.76. The lowest BCUT2D eigenvalue weighted by Gasteiger charge is -2.11. The molecule has 0 aliphatic carbocycles. The van der Waals surface area contributed by atoms with Crippen LogP contribution in [-0.2, 0) is 0 Å². The Labute approximate surface area is 127 Å². The molecule has 0 saturated carbocycles. The molecular formula is C15H14Cl2N2O. The average molecular weight is 309 g/mol. The molecule has 0 radical (unpaired) electrons. The van der Waals surface area contributed by atoms with Crippen molar-refractivity contribution in [1.82, 2.24) is 0 Å². The average Bonchev–Trinajstić information content (AvgIpc) is 2.41. The second-order valence-electron chi connectivity index (χ2n) is 4.38. The van der Waals surface area contributed by atoms with Gasteiger partial charge in [0.1, 0.15) is 0 Å². The highest BCUT2D eigenvalue weighted by atomic mass is 35.5. The van der Waals surface area contributed by atoms with E-state index < -0.39 is 0 Å². The molecule has 1 amide bonds. The van der Waals surface area contributed by atoms with Gasteiger partial charge in [-0.05, 0) is 42.8 Å². The van der Waals surface area contributed by atoms with Gasteiger partial charge in [-0.15, -0.1) is 0 Å². The second kappa shape index (κ2) is 6.16. The Morgan fingerprint density at radius 2 is 1.75 bits per heavy atom. The number of carbonyl (C=O) groups is 1. The zero-order chi connectivity index (χ0) is 14.7. The number of halogens is 2. The molecule has 0 aromatic heterocycles. The molecule has 2 N–H and O–H groups in total. The molecule has 0 fully saturated rings. The topological polar surface area (TPSA) is 41.1 Å². The van der Waals surface area contributed by atoms with E-state index in [1.54, 1.807) is 37.4 Å². The smallest absolute Gasteiger partial charge is 0.257 e. The Bertz CT molecular complexity index is 656. The third-order valence-corrected chi connectivity index (χ3v) is 3.42. The minimum absolute atomic E-state index is 0.261. The van der Waals surface area contributed by atoms with Gasteiger partial charge in [0.05, 0.1) is 16.3 Å². The van der Waals surface area contributed by atoms with E-state index in [0.717, 1.165) is 5.56 Å². The molecule has 0 aliphatic heterocycles. The molecule has 0 atom stereocenters. The van der Waals surface area contributed by atoms with Crippen molar-refractivity contribution in [2.75, 3.05) is 17.7 Å². The number of hydrogen-bond donors (Lipinski definition) is 2. The summed E-state index contributed by atoms with van der Waals surface area (Å²) in [7, 11) is 1.75. The number of nitrogens with one attached hydrogen (secondary N) is 2. The number of benzene rings is 2. The van der Waals surface area contributed by atoms with Gasteiger partial charge in [-0.3, -0.25) is 4.79 Å². The van der Waals surface area contributed by atoms with Crippen molar-refractivity contribution in [3.63, 3.8) is 0 Å². The molecule has 0 spiro atoms. The lowest BCUT2D eigenvalue weighted by Crippen LogP contribution is -2.14.